The number of benzene rings is 2. The highest BCUT2D eigenvalue weighted by molar-refractivity contribution is 7.92. The fraction of sp³-hybridized carbons (Fsp3) is 0.333. The van der Waals surface area contributed by atoms with Gasteiger partial charge in [-0.2, -0.15) is 0 Å². The summed E-state index contributed by atoms with van der Waals surface area (Å²) in [5, 5.41) is 2.48. The number of carbonyl (C=O) groups is 2. The number of anilines is 1. The van der Waals surface area contributed by atoms with Crippen LogP contribution < -0.4 is 5.32 Å². The average Bonchev–Trinajstić information content (AvgIpc) is 3.30. The third-order valence-electron chi connectivity index (χ3n) is 6.04. The normalized spacial score (nSPS) is 18.6. The van der Waals surface area contributed by atoms with E-state index in [4.69, 9.17) is 0 Å². The van der Waals surface area contributed by atoms with Crippen molar-refractivity contribution in [2.45, 2.75) is 55.2 Å². The van der Waals surface area contributed by atoms with Gasteiger partial charge in [-0.25, -0.2) is 8.42 Å². The van der Waals surface area contributed by atoms with E-state index in [0.717, 1.165) is 24.0 Å². The van der Waals surface area contributed by atoms with Crippen molar-refractivity contribution in [3.8, 4) is 0 Å². The van der Waals surface area contributed by atoms with E-state index < -0.39 is 15.9 Å². The molecular formula is C24H26N2O4S. The molecule has 4 rings (SSSR count). The van der Waals surface area contributed by atoms with E-state index >= 15 is 0 Å². The fourth-order valence-electron chi connectivity index (χ4n) is 4.44. The summed E-state index contributed by atoms with van der Waals surface area (Å²) in [6, 6.07) is 13.7. The topological polar surface area (TPSA) is 83.6 Å². The van der Waals surface area contributed by atoms with Crippen molar-refractivity contribution in [2.75, 3.05) is 5.32 Å². The third kappa shape index (κ3) is 4.42. The number of nitrogens with one attached hydrogen (secondary N) is 1. The summed E-state index contributed by atoms with van der Waals surface area (Å²) in [6.45, 7) is 1.47. The SMILES string of the molecule is CC(=O)N1C=Cc2ccccc2C1CC(=O)Nc1cccc(S(=O)(=O)C2CCCC2)c1. The maximum Gasteiger partial charge on any atom is 0.226 e. The van der Waals surface area contributed by atoms with E-state index in [2.05, 4.69) is 5.32 Å². The van der Waals surface area contributed by atoms with Crippen LogP contribution >= 0.6 is 0 Å². The number of amides is 2. The molecule has 1 unspecified atom stereocenters. The van der Waals surface area contributed by atoms with E-state index in [1.165, 1.54) is 13.0 Å². The first kappa shape index (κ1) is 21.3. The van der Waals surface area contributed by atoms with Crippen LogP contribution in [-0.2, 0) is 19.4 Å². The molecular weight excluding hydrogens is 412 g/mol. The summed E-state index contributed by atoms with van der Waals surface area (Å²) >= 11 is 0. The van der Waals surface area contributed by atoms with Crippen LogP contribution in [0, 0.1) is 0 Å². The molecule has 1 aliphatic heterocycles. The van der Waals surface area contributed by atoms with Crippen molar-refractivity contribution in [3.05, 3.63) is 65.9 Å². The molecule has 6 nitrogen and oxygen atoms in total. The Morgan fingerprint density at radius 1 is 1.06 bits per heavy atom. The number of hydrogen-bond acceptors (Lipinski definition) is 4. The largest absolute Gasteiger partial charge is 0.326 e. The van der Waals surface area contributed by atoms with Gasteiger partial charge in [0.15, 0.2) is 9.84 Å². The number of carbonyl (C=O) groups excluding carboxylic acids is 2. The molecule has 0 saturated heterocycles. The zero-order chi connectivity index (χ0) is 22.0. The van der Waals surface area contributed by atoms with Crippen molar-refractivity contribution in [1.82, 2.24) is 4.90 Å². The molecule has 7 heteroatoms. The first-order chi connectivity index (χ1) is 14.9. The lowest BCUT2D eigenvalue weighted by Gasteiger charge is -2.32. The van der Waals surface area contributed by atoms with E-state index in [1.807, 2.05) is 30.3 Å². The molecule has 2 amide bonds. The lowest BCUT2D eigenvalue weighted by atomic mass is 9.93. The molecule has 2 aromatic carbocycles. The minimum atomic E-state index is -3.40. The van der Waals surface area contributed by atoms with Crippen LogP contribution in [0.1, 0.15) is 56.2 Å². The predicted molar refractivity (Wildman–Crippen MR) is 120 cm³/mol. The summed E-state index contributed by atoms with van der Waals surface area (Å²) in [4.78, 5) is 26.8. The molecule has 0 aromatic heterocycles. The highest BCUT2D eigenvalue weighted by Gasteiger charge is 2.31. The highest BCUT2D eigenvalue weighted by atomic mass is 32.2. The maximum absolute atomic E-state index is 12.9. The minimum absolute atomic E-state index is 0.0700. The van der Waals surface area contributed by atoms with E-state index in [1.54, 1.807) is 29.3 Å². The second kappa shape index (κ2) is 8.67. The zero-order valence-corrected chi connectivity index (χ0v) is 18.3. The van der Waals surface area contributed by atoms with Crippen LogP contribution in [0.5, 0.6) is 0 Å². The van der Waals surface area contributed by atoms with Crippen LogP contribution in [0.15, 0.2) is 59.6 Å². The number of fused-ring (bicyclic) bond motifs is 1. The van der Waals surface area contributed by atoms with Crippen molar-refractivity contribution in [1.29, 1.82) is 0 Å². The Kier molecular flexibility index (Phi) is 5.96. The summed E-state index contributed by atoms with van der Waals surface area (Å²) in [5.41, 5.74) is 2.33. The Balaban J connectivity index is 1.52. The summed E-state index contributed by atoms with van der Waals surface area (Å²) in [7, 11) is -3.40. The monoisotopic (exact) mass is 438 g/mol. The molecule has 1 heterocycles. The molecule has 2 aliphatic rings. The smallest absolute Gasteiger partial charge is 0.226 e. The second-order valence-corrected chi connectivity index (χ2v) is 10.3. The Hall–Kier alpha value is -2.93. The van der Waals surface area contributed by atoms with Gasteiger partial charge in [0.05, 0.1) is 22.6 Å². The van der Waals surface area contributed by atoms with Gasteiger partial charge in [0.1, 0.15) is 0 Å². The number of sulfone groups is 1. The Morgan fingerprint density at radius 2 is 1.81 bits per heavy atom. The number of hydrogen-bond donors (Lipinski definition) is 1. The molecule has 1 fully saturated rings. The number of nitrogens with zero attached hydrogens (tertiary/aromatic N) is 1. The van der Waals surface area contributed by atoms with E-state index in [9.17, 15) is 18.0 Å². The Bertz CT molecular complexity index is 1130. The van der Waals surface area contributed by atoms with Crippen LogP contribution in [0.25, 0.3) is 6.08 Å². The first-order valence-corrected chi connectivity index (χ1v) is 12.1. The highest BCUT2D eigenvalue weighted by Crippen LogP contribution is 2.34. The summed E-state index contributed by atoms with van der Waals surface area (Å²) < 4.78 is 25.8. The molecule has 0 radical (unpaired) electrons. The van der Waals surface area contributed by atoms with Gasteiger partial charge in [-0.3, -0.25) is 9.59 Å². The second-order valence-electron chi connectivity index (χ2n) is 8.12. The van der Waals surface area contributed by atoms with Gasteiger partial charge in [-0.1, -0.05) is 43.2 Å². The van der Waals surface area contributed by atoms with Crippen LogP contribution in [0.3, 0.4) is 0 Å². The van der Waals surface area contributed by atoms with Crippen molar-refractivity contribution < 1.29 is 18.0 Å². The van der Waals surface area contributed by atoms with E-state index in [-0.39, 0.29) is 28.4 Å². The third-order valence-corrected chi connectivity index (χ3v) is 8.30. The molecule has 31 heavy (non-hydrogen) atoms. The number of rotatable bonds is 5. The van der Waals surface area contributed by atoms with Crippen LogP contribution in [0.4, 0.5) is 5.69 Å². The van der Waals surface area contributed by atoms with Gasteiger partial charge in [0.2, 0.25) is 11.8 Å². The van der Waals surface area contributed by atoms with Crippen LogP contribution in [-0.4, -0.2) is 30.4 Å². The Labute approximate surface area is 182 Å². The fourth-order valence-corrected chi connectivity index (χ4v) is 6.34. The average molecular weight is 439 g/mol. The zero-order valence-electron chi connectivity index (χ0n) is 17.5. The summed E-state index contributed by atoms with van der Waals surface area (Å²) in [5.74, 6) is -0.426. The molecule has 0 spiro atoms. The maximum atomic E-state index is 12.9. The van der Waals surface area contributed by atoms with Crippen molar-refractivity contribution >= 4 is 33.4 Å². The molecule has 1 atom stereocenters. The van der Waals surface area contributed by atoms with Crippen molar-refractivity contribution in [3.63, 3.8) is 0 Å². The van der Waals surface area contributed by atoms with Crippen LogP contribution in [0.2, 0.25) is 0 Å². The van der Waals surface area contributed by atoms with Gasteiger partial charge in [0.25, 0.3) is 0 Å². The molecule has 0 bridgehead atoms. The van der Waals surface area contributed by atoms with E-state index in [0.29, 0.717) is 18.5 Å². The van der Waals surface area contributed by atoms with Gasteiger partial charge < -0.3 is 10.2 Å². The lowest BCUT2D eigenvalue weighted by Crippen LogP contribution is -2.33. The minimum Gasteiger partial charge on any atom is -0.326 e. The lowest BCUT2D eigenvalue weighted by molar-refractivity contribution is -0.129. The van der Waals surface area contributed by atoms with Crippen molar-refractivity contribution in [2.24, 2.45) is 0 Å². The molecule has 1 N–H and O–H groups in total. The van der Waals surface area contributed by atoms with Gasteiger partial charge in [-0.15, -0.1) is 0 Å². The quantitative estimate of drug-likeness (QED) is 0.754. The summed E-state index contributed by atoms with van der Waals surface area (Å²) in [6.07, 6.45) is 6.89. The predicted octanol–water partition coefficient (Wildman–Crippen LogP) is 4.31. The van der Waals surface area contributed by atoms with Gasteiger partial charge in [0, 0.05) is 18.8 Å². The molecule has 1 aliphatic carbocycles. The molecule has 2 aromatic rings. The molecule has 162 valence electrons. The first-order valence-electron chi connectivity index (χ1n) is 10.6. The standard InChI is InChI=1S/C24H26N2O4S/c1-17(27)26-14-13-18-7-2-5-12-22(18)23(26)16-24(28)25-19-8-6-11-21(15-19)31(29,30)20-9-3-4-10-20/h2,5-8,11-15,20,23H,3-4,9-10,16H2,1H3,(H,25,28). The molecule has 1 saturated carbocycles. The van der Waals surface area contributed by atoms with Gasteiger partial charge >= 0.3 is 0 Å². The Morgan fingerprint density at radius 3 is 2.55 bits per heavy atom. The van der Waals surface area contributed by atoms with Gasteiger partial charge in [-0.05, 0) is 48.2 Å².